The van der Waals surface area contributed by atoms with Gasteiger partial charge in [-0.05, 0) is 24.3 Å². The van der Waals surface area contributed by atoms with Crippen LogP contribution in [0.5, 0.6) is 34.6 Å². The van der Waals surface area contributed by atoms with E-state index in [0.29, 0.717) is 16.0 Å². The van der Waals surface area contributed by atoms with Crippen LogP contribution in [-0.4, -0.2) is 58.0 Å². The smallest absolute Gasteiger partial charge is 0.266 e. The maximum atomic E-state index is 13.7. The SMILES string of the molecule is COc1ccc(OC)c(S(=O)(=O)Nc2nc(-c3cc[n+]([O-])cc3)nc(OCCO)c2Oc2ccccc2OC)c1. The van der Waals surface area contributed by atoms with Crippen molar-refractivity contribution in [2.24, 2.45) is 0 Å². The van der Waals surface area contributed by atoms with Gasteiger partial charge in [-0.2, -0.15) is 9.71 Å². The van der Waals surface area contributed by atoms with E-state index in [0.717, 1.165) is 0 Å². The first-order valence-electron chi connectivity index (χ1n) is 11.7. The first-order chi connectivity index (χ1) is 19.3. The molecule has 4 rings (SSSR count). The van der Waals surface area contributed by atoms with Crippen LogP contribution in [-0.2, 0) is 10.0 Å². The van der Waals surface area contributed by atoms with Crippen LogP contribution in [0.1, 0.15) is 0 Å². The van der Waals surface area contributed by atoms with Gasteiger partial charge in [0.1, 0.15) is 23.0 Å². The zero-order valence-electron chi connectivity index (χ0n) is 21.7. The van der Waals surface area contributed by atoms with Crippen LogP contribution in [0.25, 0.3) is 11.4 Å². The summed E-state index contributed by atoms with van der Waals surface area (Å²) in [5.41, 5.74) is 0.379. The number of para-hydroxylation sites is 2. The van der Waals surface area contributed by atoms with E-state index in [1.165, 1.54) is 58.0 Å². The molecule has 0 spiro atoms. The van der Waals surface area contributed by atoms with Gasteiger partial charge in [-0.3, -0.25) is 4.72 Å². The number of aromatic nitrogens is 3. The van der Waals surface area contributed by atoms with E-state index in [4.69, 9.17) is 23.7 Å². The molecule has 40 heavy (non-hydrogen) atoms. The summed E-state index contributed by atoms with van der Waals surface area (Å²) in [5, 5.41) is 21.0. The number of anilines is 1. The number of sulfonamides is 1. The van der Waals surface area contributed by atoms with E-state index in [1.54, 1.807) is 30.3 Å². The Morgan fingerprint density at radius 1 is 0.925 bits per heavy atom. The number of hydrogen-bond donors (Lipinski definition) is 2. The molecule has 0 atom stereocenters. The Morgan fingerprint density at radius 2 is 1.62 bits per heavy atom. The molecular weight excluding hydrogens is 544 g/mol. The molecule has 4 aromatic rings. The van der Waals surface area contributed by atoms with Crippen molar-refractivity contribution in [1.82, 2.24) is 9.97 Å². The summed E-state index contributed by atoms with van der Waals surface area (Å²) in [4.78, 5) is 8.56. The molecule has 2 heterocycles. The number of aliphatic hydroxyl groups is 1. The van der Waals surface area contributed by atoms with Gasteiger partial charge < -0.3 is 34.0 Å². The topological polar surface area (TPSA) is 165 Å². The average Bonchev–Trinajstić information content (AvgIpc) is 2.97. The van der Waals surface area contributed by atoms with Crippen LogP contribution in [0.4, 0.5) is 5.82 Å². The number of methoxy groups -OCH3 is 3. The van der Waals surface area contributed by atoms with Crippen LogP contribution in [0.15, 0.2) is 71.9 Å². The van der Waals surface area contributed by atoms with Crippen molar-refractivity contribution in [3.63, 3.8) is 0 Å². The molecule has 14 heteroatoms. The van der Waals surface area contributed by atoms with Gasteiger partial charge in [0.15, 0.2) is 35.5 Å². The Morgan fingerprint density at radius 3 is 2.27 bits per heavy atom. The number of benzene rings is 2. The Kier molecular flexibility index (Phi) is 8.71. The highest BCUT2D eigenvalue weighted by Gasteiger charge is 2.27. The minimum atomic E-state index is -4.38. The van der Waals surface area contributed by atoms with Gasteiger partial charge in [0.25, 0.3) is 15.9 Å². The van der Waals surface area contributed by atoms with Gasteiger partial charge in [0.2, 0.25) is 5.75 Å². The highest BCUT2D eigenvalue weighted by atomic mass is 32.2. The number of nitrogens with one attached hydrogen (secondary N) is 1. The molecule has 0 aliphatic carbocycles. The van der Waals surface area contributed by atoms with Crippen LogP contribution >= 0.6 is 0 Å². The molecule has 2 N–H and O–H groups in total. The second-order valence-corrected chi connectivity index (χ2v) is 9.57. The molecule has 0 aliphatic heterocycles. The minimum absolute atomic E-state index is 0.0104. The van der Waals surface area contributed by atoms with E-state index >= 15 is 0 Å². The fourth-order valence-corrected chi connectivity index (χ4v) is 4.70. The molecule has 0 saturated carbocycles. The summed E-state index contributed by atoms with van der Waals surface area (Å²) >= 11 is 0. The average molecular weight is 571 g/mol. The van der Waals surface area contributed by atoms with Gasteiger partial charge in [-0.1, -0.05) is 12.1 Å². The summed E-state index contributed by atoms with van der Waals surface area (Å²) in [6.07, 6.45) is 2.47. The molecule has 0 unspecified atom stereocenters. The first kappa shape index (κ1) is 28.2. The first-order valence-corrected chi connectivity index (χ1v) is 13.2. The van der Waals surface area contributed by atoms with E-state index in [2.05, 4.69) is 14.7 Å². The zero-order valence-corrected chi connectivity index (χ0v) is 22.5. The normalized spacial score (nSPS) is 11.0. The molecule has 0 fully saturated rings. The van der Waals surface area contributed by atoms with Gasteiger partial charge in [-0.25, -0.2) is 13.4 Å². The van der Waals surface area contributed by atoms with Crippen molar-refractivity contribution in [2.45, 2.75) is 4.90 Å². The van der Waals surface area contributed by atoms with Crippen molar-refractivity contribution in [1.29, 1.82) is 0 Å². The third-order valence-corrected chi connectivity index (χ3v) is 6.76. The zero-order chi connectivity index (χ0) is 28.7. The van der Waals surface area contributed by atoms with Crippen molar-refractivity contribution < 1.29 is 41.9 Å². The third-order valence-electron chi connectivity index (χ3n) is 5.40. The number of hydrogen-bond acceptors (Lipinski definition) is 11. The highest BCUT2D eigenvalue weighted by molar-refractivity contribution is 7.92. The van der Waals surface area contributed by atoms with Crippen molar-refractivity contribution >= 4 is 15.8 Å². The van der Waals surface area contributed by atoms with Crippen LogP contribution in [0, 0.1) is 5.21 Å². The molecule has 2 aromatic heterocycles. The molecule has 0 amide bonds. The molecule has 0 aliphatic rings. The fourth-order valence-electron chi connectivity index (χ4n) is 3.51. The van der Waals surface area contributed by atoms with E-state index in [-0.39, 0.29) is 58.6 Å². The van der Waals surface area contributed by atoms with Crippen LogP contribution in [0.3, 0.4) is 0 Å². The summed E-state index contributed by atoms with van der Waals surface area (Å²) in [5.74, 6) is 0.199. The second-order valence-electron chi connectivity index (χ2n) is 7.92. The quantitative estimate of drug-likeness (QED) is 0.190. The predicted octanol–water partition coefficient (Wildman–Crippen LogP) is 2.77. The lowest BCUT2D eigenvalue weighted by Gasteiger charge is -2.18. The number of ether oxygens (including phenoxy) is 5. The Bertz CT molecular complexity index is 1580. The maximum absolute atomic E-state index is 13.7. The molecule has 0 saturated heterocycles. The van der Waals surface area contributed by atoms with Gasteiger partial charge in [-0.15, -0.1) is 0 Å². The molecule has 0 bridgehead atoms. The van der Waals surface area contributed by atoms with Gasteiger partial charge in [0.05, 0.1) is 27.9 Å². The lowest BCUT2D eigenvalue weighted by Crippen LogP contribution is -2.23. The summed E-state index contributed by atoms with van der Waals surface area (Å²) in [6.45, 7) is -0.555. The highest BCUT2D eigenvalue weighted by Crippen LogP contribution is 2.42. The number of aliphatic hydroxyl groups excluding tert-OH is 1. The third kappa shape index (κ3) is 6.24. The number of nitrogens with zero attached hydrogens (tertiary/aromatic N) is 3. The van der Waals surface area contributed by atoms with Gasteiger partial charge >= 0.3 is 0 Å². The van der Waals surface area contributed by atoms with Gasteiger partial charge in [0, 0.05) is 23.8 Å². The number of pyridine rings is 1. The van der Waals surface area contributed by atoms with Crippen molar-refractivity contribution in [2.75, 3.05) is 39.3 Å². The molecule has 0 radical (unpaired) electrons. The Balaban J connectivity index is 1.92. The summed E-state index contributed by atoms with van der Waals surface area (Å²) in [7, 11) is -0.200. The standard InChI is InChI=1S/C26H26N4O9S/c1-35-18-8-9-21(37-3)22(16-18)40(33,34)29-25-23(39-20-7-5-4-6-19(20)36-2)26(38-15-14-31)28-24(27-25)17-10-12-30(32)13-11-17/h4-13,16,31H,14-15H2,1-3H3,(H,27,28,29). The lowest BCUT2D eigenvalue weighted by molar-refractivity contribution is -0.605. The molecule has 210 valence electrons. The largest absolute Gasteiger partial charge is 0.619 e. The Labute approximate surface area is 230 Å². The van der Waals surface area contributed by atoms with Crippen molar-refractivity contribution in [3.05, 3.63) is 72.2 Å². The maximum Gasteiger partial charge on any atom is 0.266 e. The summed E-state index contributed by atoms with van der Waals surface area (Å²) in [6, 6.07) is 13.8. The lowest BCUT2D eigenvalue weighted by atomic mass is 10.2. The fraction of sp³-hybridized carbons (Fsp3) is 0.192. The van der Waals surface area contributed by atoms with E-state index in [1.807, 2.05) is 0 Å². The predicted molar refractivity (Wildman–Crippen MR) is 142 cm³/mol. The second kappa shape index (κ2) is 12.4. The molecule has 2 aromatic carbocycles. The van der Waals surface area contributed by atoms with E-state index in [9.17, 15) is 18.7 Å². The van der Waals surface area contributed by atoms with Crippen molar-refractivity contribution in [3.8, 4) is 46.0 Å². The Hall–Kier alpha value is -4.82. The minimum Gasteiger partial charge on any atom is -0.619 e. The summed E-state index contributed by atoms with van der Waals surface area (Å²) < 4.78 is 57.9. The van der Waals surface area contributed by atoms with Crippen LogP contribution < -0.4 is 33.1 Å². The van der Waals surface area contributed by atoms with E-state index < -0.39 is 10.0 Å². The molecular formula is C26H26N4O9S. The molecule has 13 nitrogen and oxygen atoms in total. The van der Waals surface area contributed by atoms with Crippen LogP contribution in [0.2, 0.25) is 0 Å². The monoisotopic (exact) mass is 570 g/mol. The number of rotatable bonds is 12.